The van der Waals surface area contributed by atoms with Crippen LogP contribution in [0.5, 0.6) is 17.6 Å². The summed E-state index contributed by atoms with van der Waals surface area (Å²) in [5.74, 6) is 1.20. The summed E-state index contributed by atoms with van der Waals surface area (Å²) in [6.45, 7) is 2.99. The molecule has 8 rings (SSSR count). The molecule has 3 fully saturated rings. The van der Waals surface area contributed by atoms with Crippen molar-refractivity contribution in [3.8, 4) is 41.2 Å². The van der Waals surface area contributed by atoms with Crippen LogP contribution in [0.1, 0.15) is 31.2 Å². The lowest BCUT2D eigenvalue weighted by Crippen LogP contribution is -2.43. The Morgan fingerprint density at radius 1 is 1.13 bits per heavy atom. The molecule has 12 heteroatoms. The molecule has 4 aromatic rings. The minimum absolute atomic E-state index is 0.0510. The number of ether oxygens (including phenoxy) is 3. The van der Waals surface area contributed by atoms with Crippen molar-refractivity contribution >= 4 is 27.5 Å². The molecule has 1 N–H and O–H groups in total. The lowest BCUT2D eigenvalue weighted by molar-refractivity contribution is 0.107. The minimum atomic E-state index is -0.936. The van der Waals surface area contributed by atoms with Gasteiger partial charge in [-0.2, -0.15) is 9.97 Å². The Hall–Kier alpha value is -4.34. The van der Waals surface area contributed by atoms with Crippen molar-refractivity contribution in [3.05, 3.63) is 41.5 Å². The number of hydrogen-bond donors (Lipinski definition) is 1. The standard InChI is InChI=1S/C33H30F3N5O4/c1-2-22-24(35)5-4-18-12-21(42)13-23(25(18)22)28-27(36)29-26-30(41-9-11-43-10-6-20(41)16-44-31(26)37-28)39-32(38-29)45-17-33-7-3-8-40(33)15-19(34)14-33/h1,4-5,12-13,19-20,42H,3,6-11,14-17H2/t19-,20?,33+/m1/s1. The van der Waals surface area contributed by atoms with Gasteiger partial charge in [-0.25, -0.2) is 18.2 Å². The maximum Gasteiger partial charge on any atom is 0.319 e. The van der Waals surface area contributed by atoms with Crippen LogP contribution in [0, 0.1) is 24.0 Å². The summed E-state index contributed by atoms with van der Waals surface area (Å²) in [7, 11) is 0. The first-order valence-electron chi connectivity index (χ1n) is 15.2. The summed E-state index contributed by atoms with van der Waals surface area (Å²) in [6, 6.07) is 5.20. The van der Waals surface area contributed by atoms with Crippen molar-refractivity contribution in [2.75, 3.05) is 51.0 Å². The lowest BCUT2D eigenvalue weighted by atomic mass is 9.95. The minimum Gasteiger partial charge on any atom is -0.508 e. The van der Waals surface area contributed by atoms with Gasteiger partial charge in [0.15, 0.2) is 5.82 Å². The average Bonchev–Trinajstić information content (AvgIpc) is 3.38. The highest BCUT2D eigenvalue weighted by Gasteiger charge is 2.49. The van der Waals surface area contributed by atoms with E-state index >= 15 is 4.39 Å². The van der Waals surface area contributed by atoms with Crippen molar-refractivity contribution in [3.63, 3.8) is 0 Å². The van der Waals surface area contributed by atoms with Crippen LogP contribution in [0.4, 0.5) is 19.0 Å². The molecule has 0 amide bonds. The number of phenols is 1. The second kappa shape index (κ2) is 10.6. The number of nitrogens with zero attached hydrogens (tertiary/aromatic N) is 5. The summed E-state index contributed by atoms with van der Waals surface area (Å²) in [6.07, 6.45) is 7.49. The Labute approximate surface area is 256 Å². The van der Waals surface area contributed by atoms with Crippen molar-refractivity contribution in [2.45, 2.75) is 43.4 Å². The molecule has 1 unspecified atom stereocenters. The molecular formula is C33H30F3N5O4. The second-order valence-electron chi connectivity index (χ2n) is 12.2. The van der Waals surface area contributed by atoms with E-state index in [2.05, 4.69) is 20.8 Å². The first-order valence-corrected chi connectivity index (χ1v) is 15.2. The van der Waals surface area contributed by atoms with Gasteiger partial charge in [-0.3, -0.25) is 4.90 Å². The van der Waals surface area contributed by atoms with Crippen LogP contribution in [0.2, 0.25) is 0 Å². The van der Waals surface area contributed by atoms with Crippen molar-refractivity contribution in [1.29, 1.82) is 0 Å². The molecule has 3 saturated heterocycles. The number of hydrogen-bond acceptors (Lipinski definition) is 9. The number of pyridine rings is 1. The topological polar surface area (TPSA) is 93.1 Å². The molecule has 0 radical (unpaired) electrons. The zero-order chi connectivity index (χ0) is 30.9. The number of phenolic OH excluding ortho intramolecular Hbond substituents is 1. The summed E-state index contributed by atoms with van der Waals surface area (Å²) in [5, 5.41) is 11.5. The van der Waals surface area contributed by atoms with Gasteiger partial charge in [0.2, 0.25) is 5.88 Å². The number of aromatic nitrogens is 3. The summed E-state index contributed by atoms with van der Waals surface area (Å²) in [4.78, 5) is 18.1. The van der Waals surface area contributed by atoms with Crippen molar-refractivity contribution in [1.82, 2.24) is 19.9 Å². The average molecular weight is 618 g/mol. The fourth-order valence-electron chi connectivity index (χ4n) is 7.51. The molecular weight excluding hydrogens is 587 g/mol. The maximum atomic E-state index is 16.9. The second-order valence-corrected chi connectivity index (χ2v) is 12.2. The molecule has 9 nitrogen and oxygen atoms in total. The van der Waals surface area contributed by atoms with Crippen LogP contribution in [0.3, 0.4) is 0 Å². The zero-order valence-corrected chi connectivity index (χ0v) is 24.4. The molecule has 4 aliphatic heterocycles. The summed E-state index contributed by atoms with van der Waals surface area (Å²) >= 11 is 0. The van der Waals surface area contributed by atoms with Gasteiger partial charge in [0.1, 0.15) is 53.4 Å². The SMILES string of the molecule is C#Cc1c(F)ccc2cc(O)cc(-c3nc4c5c(nc(OC[C@@]67CCCN6C[C@H](F)C7)nc5c3F)N3CCOCCC3CO4)c12. The van der Waals surface area contributed by atoms with E-state index in [1.165, 1.54) is 24.3 Å². The van der Waals surface area contributed by atoms with Crippen LogP contribution in [0.15, 0.2) is 24.3 Å². The predicted molar refractivity (Wildman–Crippen MR) is 160 cm³/mol. The van der Waals surface area contributed by atoms with Crippen LogP contribution in [0.25, 0.3) is 32.9 Å². The Bertz CT molecular complexity index is 1900. The van der Waals surface area contributed by atoms with Gasteiger partial charge in [-0.15, -0.1) is 6.42 Å². The molecule has 4 aliphatic rings. The van der Waals surface area contributed by atoms with Gasteiger partial charge in [-0.05, 0) is 49.4 Å². The van der Waals surface area contributed by atoms with Gasteiger partial charge in [0.05, 0.1) is 23.8 Å². The quantitative estimate of drug-likeness (QED) is 0.326. The normalized spacial score (nSPS) is 24.5. The Kier molecular flexibility index (Phi) is 6.65. The van der Waals surface area contributed by atoms with Gasteiger partial charge in [-0.1, -0.05) is 12.0 Å². The van der Waals surface area contributed by atoms with Crippen LogP contribution in [-0.2, 0) is 4.74 Å². The Morgan fingerprint density at radius 2 is 2.02 bits per heavy atom. The zero-order valence-electron chi connectivity index (χ0n) is 24.4. The number of terminal acetylenes is 1. The maximum absolute atomic E-state index is 16.9. The van der Waals surface area contributed by atoms with E-state index in [4.69, 9.17) is 25.6 Å². The number of anilines is 1. The van der Waals surface area contributed by atoms with E-state index in [1.807, 2.05) is 4.90 Å². The van der Waals surface area contributed by atoms with Gasteiger partial charge >= 0.3 is 6.01 Å². The highest BCUT2D eigenvalue weighted by atomic mass is 19.1. The van der Waals surface area contributed by atoms with Crippen LogP contribution >= 0.6 is 0 Å². The Morgan fingerprint density at radius 3 is 2.89 bits per heavy atom. The number of rotatable bonds is 4. The van der Waals surface area contributed by atoms with E-state index in [0.29, 0.717) is 50.3 Å². The molecule has 0 aliphatic carbocycles. The molecule has 6 heterocycles. The third-order valence-electron chi connectivity index (χ3n) is 9.59. The Balaban J connectivity index is 1.33. The predicted octanol–water partition coefficient (Wildman–Crippen LogP) is 4.75. The number of halogens is 3. The van der Waals surface area contributed by atoms with Gasteiger partial charge in [0, 0.05) is 37.1 Å². The van der Waals surface area contributed by atoms with Crippen molar-refractivity contribution < 1.29 is 32.5 Å². The van der Waals surface area contributed by atoms with Gasteiger partial charge in [0.25, 0.3) is 0 Å². The highest BCUT2D eigenvalue weighted by molar-refractivity contribution is 6.04. The first kappa shape index (κ1) is 28.2. The molecule has 2 aromatic carbocycles. The third kappa shape index (κ3) is 4.51. The van der Waals surface area contributed by atoms with Crippen LogP contribution < -0.4 is 14.4 Å². The fraction of sp³-hybridized carbons (Fsp3) is 0.424. The molecule has 232 valence electrons. The smallest absolute Gasteiger partial charge is 0.319 e. The molecule has 0 spiro atoms. The monoisotopic (exact) mass is 617 g/mol. The summed E-state index contributed by atoms with van der Waals surface area (Å²) in [5.41, 5.74) is -0.775. The molecule has 2 aromatic heterocycles. The van der Waals surface area contributed by atoms with Gasteiger partial charge < -0.3 is 24.2 Å². The number of benzene rings is 2. The number of alkyl halides is 1. The third-order valence-corrected chi connectivity index (χ3v) is 9.59. The first-order chi connectivity index (χ1) is 21.8. The molecule has 45 heavy (non-hydrogen) atoms. The number of aromatic hydroxyl groups is 1. The summed E-state index contributed by atoms with van der Waals surface area (Å²) < 4.78 is 64.4. The fourth-order valence-corrected chi connectivity index (χ4v) is 7.51. The highest BCUT2D eigenvalue weighted by Crippen LogP contribution is 2.44. The van der Waals surface area contributed by atoms with E-state index in [-0.39, 0.29) is 70.0 Å². The molecule has 3 atom stereocenters. The largest absolute Gasteiger partial charge is 0.508 e. The van der Waals surface area contributed by atoms with E-state index in [1.54, 1.807) is 0 Å². The number of fused-ring (bicyclic) bond motifs is 4. The van der Waals surface area contributed by atoms with E-state index in [0.717, 1.165) is 19.4 Å². The molecule has 0 saturated carbocycles. The van der Waals surface area contributed by atoms with Crippen LogP contribution in [-0.4, -0.2) is 88.8 Å². The van der Waals surface area contributed by atoms with E-state index in [9.17, 15) is 13.9 Å². The van der Waals surface area contributed by atoms with E-state index < -0.39 is 23.3 Å². The lowest BCUT2D eigenvalue weighted by Gasteiger charge is -2.31. The molecule has 0 bridgehead atoms. The van der Waals surface area contributed by atoms with Crippen molar-refractivity contribution in [2.24, 2.45) is 0 Å².